The minimum Gasteiger partial charge on any atom is -0.463 e. The molecule has 0 radical (unpaired) electrons. The summed E-state index contributed by atoms with van der Waals surface area (Å²) >= 11 is 0. The van der Waals surface area contributed by atoms with Gasteiger partial charge in [0, 0.05) is 12.1 Å². The maximum atomic E-state index is 10.1. The zero-order valence-corrected chi connectivity index (χ0v) is 6.88. The molecule has 0 saturated heterocycles. The van der Waals surface area contributed by atoms with Crippen LogP contribution >= 0.6 is 0 Å². The third kappa shape index (κ3) is 9.17. The van der Waals surface area contributed by atoms with E-state index in [1.54, 1.807) is 6.92 Å². The molecule has 0 atom stereocenters. The molecule has 64 valence electrons. The van der Waals surface area contributed by atoms with Gasteiger partial charge in [-0.05, 0) is 19.8 Å². The van der Waals surface area contributed by atoms with E-state index in [-0.39, 0.29) is 5.97 Å². The molecule has 0 aromatic carbocycles. The van der Waals surface area contributed by atoms with Crippen LogP contribution in [0.5, 0.6) is 0 Å². The first kappa shape index (κ1) is 10.2. The summed E-state index contributed by atoms with van der Waals surface area (Å²) in [7, 11) is 0. The number of hydrogen-bond donors (Lipinski definition) is 1. The van der Waals surface area contributed by atoms with E-state index in [1.165, 1.54) is 12.8 Å². The molecule has 2 N–H and O–H groups in total. The number of hydrogen-bond acceptors (Lipinski definition) is 3. The van der Waals surface area contributed by atoms with E-state index in [1.807, 2.05) is 0 Å². The number of rotatable bonds is 2. The van der Waals surface area contributed by atoms with Crippen LogP contribution in [0.2, 0.25) is 0 Å². The number of nitrogens with two attached hydrogens (primary N) is 1. The molecule has 1 fully saturated rings. The zero-order valence-electron chi connectivity index (χ0n) is 6.88. The van der Waals surface area contributed by atoms with Crippen LogP contribution in [-0.2, 0) is 9.53 Å². The Bertz CT molecular complexity index is 130. The van der Waals surface area contributed by atoms with Crippen LogP contribution in [0, 0.1) is 0 Å². The van der Waals surface area contributed by atoms with Gasteiger partial charge in [0.25, 0.3) is 0 Å². The van der Waals surface area contributed by atoms with Gasteiger partial charge in [-0.25, -0.2) is 4.79 Å². The lowest BCUT2D eigenvalue weighted by Gasteiger charge is -1.90. The Morgan fingerprint density at radius 2 is 2.27 bits per heavy atom. The molecule has 3 nitrogen and oxygen atoms in total. The van der Waals surface area contributed by atoms with Gasteiger partial charge < -0.3 is 10.5 Å². The average Bonchev–Trinajstić information content (AvgIpc) is 2.74. The quantitative estimate of drug-likeness (QED) is 0.477. The maximum Gasteiger partial charge on any atom is 0.330 e. The summed E-state index contributed by atoms with van der Waals surface area (Å²) in [5.41, 5.74) is 5.22. The molecule has 1 aliphatic carbocycles. The van der Waals surface area contributed by atoms with Crippen molar-refractivity contribution in [2.24, 2.45) is 5.73 Å². The van der Waals surface area contributed by atoms with Gasteiger partial charge in [-0.15, -0.1) is 0 Å². The normalized spacial score (nSPS) is 14.4. The topological polar surface area (TPSA) is 52.3 Å². The number of carbonyl (C=O) groups excluding carboxylic acids is 1. The molecule has 0 spiro atoms. The van der Waals surface area contributed by atoms with E-state index in [9.17, 15) is 4.79 Å². The molecule has 0 amide bonds. The zero-order chi connectivity index (χ0) is 8.69. The largest absolute Gasteiger partial charge is 0.463 e. The molecular formula is C8H15NO2. The van der Waals surface area contributed by atoms with Crippen LogP contribution in [0.25, 0.3) is 0 Å². The van der Waals surface area contributed by atoms with Gasteiger partial charge in [0.2, 0.25) is 0 Å². The van der Waals surface area contributed by atoms with Crippen molar-refractivity contribution in [3.63, 3.8) is 0 Å². The second kappa shape index (κ2) is 5.92. The summed E-state index contributed by atoms with van der Waals surface area (Å²) in [6.45, 7) is 5.38. The van der Waals surface area contributed by atoms with Crippen molar-refractivity contribution in [1.82, 2.24) is 0 Å². The van der Waals surface area contributed by atoms with Gasteiger partial charge in [0.05, 0.1) is 6.61 Å². The second-order valence-electron chi connectivity index (χ2n) is 2.29. The van der Waals surface area contributed by atoms with Crippen LogP contribution in [0.15, 0.2) is 12.7 Å². The van der Waals surface area contributed by atoms with E-state index < -0.39 is 0 Å². The Kier molecular flexibility index (Phi) is 5.47. The number of esters is 1. The van der Waals surface area contributed by atoms with E-state index in [2.05, 4.69) is 11.3 Å². The van der Waals surface area contributed by atoms with Gasteiger partial charge >= 0.3 is 5.97 Å². The summed E-state index contributed by atoms with van der Waals surface area (Å²) in [4.78, 5) is 10.1. The molecular weight excluding hydrogens is 142 g/mol. The average molecular weight is 157 g/mol. The SMILES string of the molecule is C=CC(=O)OCC.NC1CC1. The molecule has 1 rings (SSSR count). The molecule has 11 heavy (non-hydrogen) atoms. The summed E-state index contributed by atoms with van der Waals surface area (Å²) in [5, 5.41) is 0. The fourth-order valence-corrected chi connectivity index (χ4v) is 0.297. The van der Waals surface area contributed by atoms with Crippen molar-refractivity contribution in [3.05, 3.63) is 12.7 Å². The van der Waals surface area contributed by atoms with E-state index in [0.29, 0.717) is 12.6 Å². The van der Waals surface area contributed by atoms with E-state index in [4.69, 9.17) is 5.73 Å². The Morgan fingerprint density at radius 3 is 2.36 bits per heavy atom. The summed E-state index contributed by atoms with van der Waals surface area (Å²) in [6.07, 6.45) is 3.67. The smallest absolute Gasteiger partial charge is 0.330 e. The highest BCUT2D eigenvalue weighted by atomic mass is 16.5. The van der Waals surface area contributed by atoms with Gasteiger partial charge in [-0.2, -0.15) is 0 Å². The Hall–Kier alpha value is -0.830. The van der Waals surface area contributed by atoms with E-state index >= 15 is 0 Å². The minimum absolute atomic E-state index is 0.359. The van der Waals surface area contributed by atoms with Crippen molar-refractivity contribution in [3.8, 4) is 0 Å². The minimum atomic E-state index is -0.359. The first-order valence-electron chi connectivity index (χ1n) is 3.75. The number of carbonyl (C=O) groups is 1. The number of ether oxygens (including phenoxy) is 1. The standard InChI is InChI=1S/C5H8O2.C3H7N/c1-3-5(6)7-4-2;4-3-1-2-3/h3H,1,4H2,2H3;3H,1-2,4H2. The van der Waals surface area contributed by atoms with Crippen molar-refractivity contribution in [2.45, 2.75) is 25.8 Å². The van der Waals surface area contributed by atoms with Crippen molar-refractivity contribution < 1.29 is 9.53 Å². The Balaban J connectivity index is 0.000000207. The summed E-state index contributed by atoms with van der Waals surface area (Å²) in [6, 6.07) is 0.583. The highest BCUT2D eigenvalue weighted by Crippen LogP contribution is 2.13. The third-order valence-electron chi connectivity index (χ3n) is 1.08. The lowest BCUT2D eigenvalue weighted by Crippen LogP contribution is -1.97. The molecule has 0 aromatic heterocycles. The molecule has 1 aliphatic rings. The Labute approximate surface area is 67.2 Å². The van der Waals surface area contributed by atoms with Crippen molar-refractivity contribution in [1.29, 1.82) is 0 Å². The highest BCUT2D eigenvalue weighted by Gasteiger charge is 2.13. The predicted octanol–water partition coefficient (Wildman–Crippen LogP) is 0.843. The fourth-order valence-electron chi connectivity index (χ4n) is 0.297. The van der Waals surface area contributed by atoms with Gasteiger partial charge in [0.15, 0.2) is 0 Å². The van der Waals surface area contributed by atoms with Crippen LogP contribution in [0.3, 0.4) is 0 Å². The third-order valence-corrected chi connectivity index (χ3v) is 1.08. The highest BCUT2D eigenvalue weighted by molar-refractivity contribution is 5.81. The van der Waals surface area contributed by atoms with Gasteiger partial charge in [0.1, 0.15) is 0 Å². The molecule has 0 bridgehead atoms. The van der Waals surface area contributed by atoms with Crippen LogP contribution in [0.4, 0.5) is 0 Å². The van der Waals surface area contributed by atoms with Gasteiger partial charge in [-0.3, -0.25) is 0 Å². The second-order valence-corrected chi connectivity index (χ2v) is 2.29. The Morgan fingerprint density at radius 1 is 1.82 bits per heavy atom. The van der Waals surface area contributed by atoms with Crippen molar-refractivity contribution >= 4 is 5.97 Å². The first-order valence-corrected chi connectivity index (χ1v) is 3.75. The molecule has 0 heterocycles. The predicted molar refractivity (Wildman–Crippen MR) is 44.0 cm³/mol. The van der Waals surface area contributed by atoms with Gasteiger partial charge in [-0.1, -0.05) is 6.58 Å². The molecule has 0 aliphatic heterocycles. The van der Waals surface area contributed by atoms with Crippen LogP contribution in [0.1, 0.15) is 19.8 Å². The summed E-state index contributed by atoms with van der Waals surface area (Å²) in [5.74, 6) is -0.359. The molecule has 3 heteroatoms. The lowest BCUT2D eigenvalue weighted by atomic mass is 10.6. The van der Waals surface area contributed by atoms with E-state index in [0.717, 1.165) is 6.08 Å². The lowest BCUT2D eigenvalue weighted by molar-refractivity contribution is -0.137. The fraction of sp³-hybridized carbons (Fsp3) is 0.625. The monoisotopic (exact) mass is 157 g/mol. The maximum absolute atomic E-state index is 10.1. The molecule has 1 saturated carbocycles. The molecule has 0 aromatic rings. The van der Waals surface area contributed by atoms with Crippen LogP contribution in [-0.4, -0.2) is 18.6 Å². The summed E-state index contributed by atoms with van der Waals surface area (Å²) < 4.78 is 4.43. The van der Waals surface area contributed by atoms with Crippen LogP contribution < -0.4 is 5.73 Å². The molecule has 0 unspecified atom stereocenters. The van der Waals surface area contributed by atoms with Crippen molar-refractivity contribution in [2.75, 3.05) is 6.61 Å². The first-order chi connectivity index (χ1) is 5.20.